The van der Waals surface area contributed by atoms with Crippen LogP contribution >= 0.6 is 34.7 Å². The van der Waals surface area contributed by atoms with Crippen molar-refractivity contribution in [3.63, 3.8) is 0 Å². The van der Waals surface area contributed by atoms with Crippen LogP contribution in [-0.2, 0) is 6.42 Å². The molecule has 2 N–H and O–H groups in total. The third-order valence-electron chi connectivity index (χ3n) is 7.86. The summed E-state index contributed by atoms with van der Waals surface area (Å²) in [6, 6.07) is 2.13. The number of nitrogen functional groups attached to an aromatic ring is 1. The van der Waals surface area contributed by atoms with Crippen molar-refractivity contribution in [3.8, 4) is 0 Å². The maximum absolute atomic E-state index is 6.66. The van der Waals surface area contributed by atoms with Crippen LogP contribution in [0.2, 0.25) is 5.02 Å². The van der Waals surface area contributed by atoms with Crippen LogP contribution in [0.1, 0.15) is 81.1 Å². The highest BCUT2D eigenvalue weighted by molar-refractivity contribution is 7.99. The van der Waals surface area contributed by atoms with Gasteiger partial charge in [-0.25, -0.2) is 15.0 Å². The average molecular weight is 568 g/mol. The molecule has 10 heteroatoms. The van der Waals surface area contributed by atoms with Gasteiger partial charge in [0.2, 0.25) is 0 Å². The van der Waals surface area contributed by atoms with Gasteiger partial charge in [-0.15, -0.1) is 11.3 Å². The van der Waals surface area contributed by atoms with Gasteiger partial charge in [0.15, 0.2) is 5.82 Å². The predicted molar refractivity (Wildman–Crippen MR) is 157 cm³/mol. The van der Waals surface area contributed by atoms with Crippen LogP contribution in [0.25, 0.3) is 0 Å². The zero-order chi connectivity index (χ0) is 26.5. The van der Waals surface area contributed by atoms with E-state index in [2.05, 4.69) is 41.9 Å². The topological polar surface area (TPSA) is 93.2 Å². The third-order valence-corrected chi connectivity index (χ3v) is 10.4. The minimum atomic E-state index is 0.131. The van der Waals surface area contributed by atoms with E-state index < -0.39 is 0 Å². The second-order valence-electron chi connectivity index (χ2n) is 12.0. The van der Waals surface area contributed by atoms with Crippen LogP contribution in [-0.4, -0.2) is 39.2 Å². The Balaban J connectivity index is 1.15. The minimum absolute atomic E-state index is 0.131. The maximum atomic E-state index is 6.66. The molecule has 200 valence electrons. The van der Waals surface area contributed by atoms with Gasteiger partial charge < -0.3 is 10.6 Å². The maximum Gasteiger partial charge on any atom is 0.158 e. The zero-order valence-electron chi connectivity index (χ0n) is 22.2. The number of rotatable bonds is 6. The van der Waals surface area contributed by atoms with Crippen molar-refractivity contribution < 1.29 is 0 Å². The molecule has 0 unspecified atom stereocenters. The Morgan fingerprint density at radius 2 is 2.03 bits per heavy atom. The number of pyridine rings is 1. The number of fused-ring (bicyclic) bond motifs is 1. The lowest BCUT2D eigenvalue weighted by Crippen LogP contribution is -2.42. The Labute approximate surface area is 237 Å². The van der Waals surface area contributed by atoms with Crippen LogP contribution in [0.5, 0.6) is 0 Å². The minimum Gasteiger partial charge on any atom is -0.381 e. The molecule has 3 aromatic rings. The molecule has 0 aromatic carbocycles. The Kier molecular flexibility index (Phi) is 6.89. The number of aliphatic imine (C=N–C) groups is 1. The van der Waals surface area contributed by atoms with Gasteiger partial charge in [-0.1, -0.05) is 44.1 Å². The van der Waals surface area contributed by atoms with Gasteiger partial charge in [0, 0.05) is 41.7 Å². The predicted octanol–water partition coefficient (Wildman–Crippen LogP) is 6.98. The number of nitrogens with two attached hydrogens (primary N) is 1. The molecule has 3 aliphatic rings. The van der Waals surface area contributed by atoms with Gasteiger partial charge in [0.1, 0.15) is 10.8 Å². The molecule has 0 amide bonds. The quantitative estimate of drug-likeness (QED) is 0.321. The van der Waals surface area contributed by atoms with Gasteiger partial charge >= 0.3 is 0 Å². The number of hydrogen-bond acceptors (Lipinski definition) is 9. The lowest BCUT2D eigenvalue weighted by Gasteiger charge is -2.42. The molecule has 1 spiro atoms. The van der Waals surface area contributed by atoms with Crippen molar-refractivity contribution in [1.82, 2.24) is 19.9 Å². The molecular formula is C28H34ClN7S2. The molecule has 1 saturated carbocycles. The molecule has 0 bridgehead atoms. The monoisotopic (exact) mass is 567 g/mol. The van der Waals surface area contributed by atoms with E-state index in [1.807, 2.05) is 24.0 Å². The SMILES string of the molecule is CC(C)(C)C/C=N/[C@@H]1c2scnc2CC12CCN(c1cnc(Sc3ccnc(C4CC4)c3Cl)c(N)n1)CC2. The number of aromatic nitrogens is 4. The second kappa shape index (κ2) is 10.1. The van der Waals surface area contributed by atoms with E-state index in [-0.39, 0.29) is 16.9 Å². The van der Waals surface area contributed by atoms with Crippen LogP contribution in [0.4, 0.5) is 11.6 Å². The molecule has 1 aliphatic heterocycles. The van der Waals surface area contributed by atoms with Crippen LogP contribution in [0, 0.1) is 10.8 Å². The van der Waals surface area contributed by atoms with E-state index in [1.54, 1.807) is 11.3 Å². The molecule has 1 saturated heterocycles. The lowest BCUT2D eigenvalue weighted by molar-refractivity contribution is 0.189. The number of nitrogens with zero attached hydrogens (tertiary/aromatic N) is 6. The van der Waals surface area contributed by atoms with E-state index in [9.17, 15) is 0 Å². The Morgan fingerprint density at radius 3 is 2.74 bits per heavy atom. The number of anilines is 2. The second-order valence-corrected chi connectivity index (χ2v) is 14.3. The summed E-state index contributed by atoms with van der Waals surface area (Å²) in [6.07, 6.45) is 12.2. The van der Waals surface area contributed by atoms with Gasteiger partial charge in [-0.05, 0) is 50.0 Å². The number of thiazole rings is 1. The summed E-state index contributed by atoms with van der Waals surface area (Å²) >= 11 is 9.88. The van der Waals surface area contributed by atoms with Gasteiger partial charge in [0.25, 0.3) is 0 Å². The summed E-state index contributed by atoms with van der Waals surface area (Å²) in [4.78, 5) is 28.4. The summed E-state index contributed by atoms with van der Waals surface area (Å²) in [6.45, 7) is 8.58. The first-order chi connectivity index (χ1) is 18.2. The van der Waals surface area contributed by atoms with Gasteiger partial charge in [0.05, 0.1) is 39.0 Å². The van der Waals surface area contributed by atoms with Crippen molar-refractivity contribution in [1.29, 1.82) is 0 Å². The number of halogens is 1. The average Bonchev–Trinajstić information content (AvgIpc) is 3.56. The Bertz CT molecular complexity index is 1350. The molecule has 2 fully saturated rings. The van der Waals surface area contributed by atoms with E-state index >= 15 is 0 Å². The van der Waals surface area contributed by atoms with Crippen molar-refractivity contribution >= 4 is 52.5 Å². The third kappa shape index (κ3) is 5.17. The van der Waals surface area contributed by atoms with Gasteiger partial charge in [-0.3, -0.25) is 9.98 Å². The first-order valence-electron chi connectivity index (χ1n) is 13.4. The fraction of sp³-hybridized carbons (Fsp3) is 0.536. The molecule has 3 aromatic heterocycles. The highest BCUT2D eigenvalue weighted by atomic mass is 35.5. The molecule has 2 aliphatic carbocycles. The zero-order valence-corrected chi connectivity index (χ0v) is 24.5. The first-order valence-corrected chi connectivity index (χ1v) is 15.4. The number of hydrogen-bond donors (Lipinski definition) is 1. The summed E-state index contributed by atoms with van der Waals surface area (Å²) in [5.74, 6) is 1.76. The largest absolute Gasteiger partial charge is 0.381 e. The van der Waals surface area contributed by atoms with Crippen LogP contribution in [0.3, 0.4) is 0 Å². The molecule has 1 atom stereocenters. The molecule has 38 heavy (non-hydrogen) atoms. The summed E-state index contributed by atoms with van der Waals surface area (Å²) in [5, 5.41) is 1.39. The molecule has 4 heterocycles. The van der Waals surface area contributed by atoms with Crippen LogP contribution in [0.15, 0.2) is 38.9 Å². The molecular weight excluding hydrogens is 534 g/mol. The normalized spacial score (nSPS) is 20.9. The van der Waals surface area contributed by atoms with E-state index in [0.29, 0.717) is 21.8 Å². The highest BCUT2D eigenvalue weighted by Gasteiger charge is 2.49. The smallest absolute Gasteiger partial charge is 0.158 e. The summed E-state index contributed by atoms with van der Waals surface area (Å²) < 4.78 is 0. The highest BCUT2D eigenvalue weighted by Crippen LogP contribution is 2.55. The van der Waals surface area contributed by atoms with Gasteiger partial charge in [-0.2, -0.15) is 0 Å². The summed E-state index contributed by atoms with van der Waals surface area (Å²) in [5.41, 5.74) is 11.0. The Morgan fingerprint density at radius 1 is 1.24 bits per heavy atom. The van der Waals surface area contributed by atoms with E-state index in [1.165, 1.54) is 22.3 Å². The molecule has 0 radical (unpaired) electrons. The standard InChI is InChI=1S/C28H34ClN7S2/c1-27(2,3)7-11-32-24-23-18(34-16-37-23)14-28(24)8-12-36(13-9-28)20-15-33-26(25(30)35-20)38-19-6-10-31-22(21(19)29)17-4-5-17/h6,10-11,15-17,24H,4-5,7-9,12-14H2,1-3H3,(H2,30,35)/b32-11+/t24-/m1/s1. The van der Waals surface area contributed by atoms with Crippen molar-refractivity contribution in [2.75, 3.05) is 23.7 Å². The molecule has 6 rings (SSSR count). The molecule has 7 nitrogen and oxygen atoms in total. The first kappa shape index (κ1) is 26.0. The van der Waals surface area contributed by atoms with Crippen molar-refractivity contribution in [2.45, 2.75) is 81.2 Å². The lowest BCUT2D eigenvalue weighted by atomic mass is 9.73. The summed E-state index contributed by atoms with van der Waals surface area (Å²) in [7, 11) is 0. The fourth-order valence-corrected chi connectivity index (χ4v) is 7.67. The fourth-order valence-electron chi connectivity index (χ4n) is 5.51. The van der Waals surface area contributed by atoms with Crippen molar-refractivity contribution in [2.24, 2.45) is 15.8 Å². The van der Waals surface area contributed by atoms with E-state index in [4.69, 9.17) is 32.3 Å². The van der Waals surface area contributed by atoms with E-state index in [0.717, 1.165) is 68.0 Å². The number of piperidine rings is 1. The Hall–Kier alpha value is -2.23. The van der Waals surface area contributed by atoms with Crippen molar-refractivity contribution in [3.05, 3.63) is 45.3 Å². The van der Waals surface area contributed by atoms with Crippen LogP contribution < -0.4 is 10.6 Å².